The van der Waals surface area contributed by atoms with Crippen molar-refractivity contribution in [3.05, 3.63) is 95.7 Å². The molecule has 2 heterocycles. The fraction of sp³-hybridized carbons (Fsp3) is 0.333. The van der Waals surface area contributed by atoms with Crippen molar-refractivity contribution >= 4 is 32.9 Å². The number of fused-ring (bicyclic) bond motifs is 3. The summed E-state index contributed by atoms with van der Waals surface area (Å²) in [6.45, 7) is 4.28. The second kappa shape index (κ2) is 13.0. The van der Waals surface area contributed by atoms with E-state index in [9.17, 15) is 18.0 Å². The van der Waals surface area contributed by atoms with Gasteiger partial charge in [0.1, 0.15) is 11.8 Å². The van der Waals surface area contributed by atoms with Crippen LogP contribution < -0.4 is 4.74 Å². The number of rotatable bonds is 11. The van der Waals surface area contributed by atoms with Gasteiger partial charge in [-0.15, -0.1) is 0 Å². The van der Waals surface area contributed by atoms with Crippen LogP contribution in [0.2, 0.25) is 0 Å². The van der Waals surface area contributed by atoms with E-state index in [-0.39, 0.29) is 37.4 Å². The highest BCUT2D eigenvalue weighted by Crippen LogP contribution is 2.45. The Morgan fingerprint density at radius 3 is 2.23 bits per heavy atom. The number of ether oxygens (including phenoxy) is 3. The Bertz CT molecular complexity index is 1700. The molecule has 0 spiro atoms. The highest BCUT2D eigenvalue weighted by atomic mass is 32.2. The fourth-order valence-corrected chi connectivity index (χ4v) is 7.52. The molecule has 0 unspecified atom stereocenters. The Balaban J connectivity index is 1.79. The number of esters is 2. The molecule has 0 N–H and O–H groups in total. The third kappa shape index (κ3) is 6.03. The maximum absolute atomic E-state index is 14.5. The summed E-state index contributed by atoms with van der Waals surface area (Å²) in [4.78, 5) is 28.3. The van der Waals surface area contributed by atoms with Crippen molar-refractivity contribution in [2.24, 2.45) is 0 Å². The maximum Gasteiger partial charge on any atom is 0.323 e. The third-order valence-corrected chi connectivity index (χ3v) is 9.51. The first kappa shape index (κ1) is 30.3. The number of hydrogen-bond donors (Lipinski definition) is 0. The molecule has 10 heteroatoms. The Morgan fingerprint density at radius 1 is 0.907 bits per heavy atom. The molecule has 2 atom stereocenters. The lowest BCUT2D eigenvalue weighted by Gasteiger charge is -2.41. The van der Waals surface area contributed by atoms with Gasteiger partial charge >= 0.3 is 11.9 Å². The Labute approximate surface area is 252 Å². The van der Waals surface area contributed by atoms with Crippen molar-refractivity contribution in [1.29, 1.82) is 0 Å². The molecule has 9 nitrogen and oxygen atoms in total. The largest absolute Gasteiger partial charge is 0.497 e. The molecule has 0 radical (unpaired) electrons. The molecule has 0 bridgehead atoms. The summed E-state index contributed by atoms with van der Waals surface area (Å²) in [7, 11) is -2.58. The van der Waals surface area contributed by atoms with Crippen molar-refractivity contribution in [2.75, 3.05) is 20.3 Å². The van der Waals surface area contributed by atoms with Gasteiger partial charge in [0.05, 0.1) is 42.5 Å². The third-order valence-electron chi connectivity index (χ3n) is 7.77. The zero-order valence-electron chi connectivity index (χ0n) is 24.6. The van der Waals surface area contributed by atoms with Crippen LogP contribution in [-0.4, -0.2) is 55.6 Å². The summed E-state index contributed by atoms with van der Waals surface area (Å²) in [5.74, 6) is -0.291. The van der Waals surface area contributed by atoms with Crippen LogP contribution in [0.25, 0.3) is 10.9 Å². The van der Waals surface area contributed by atoms with E-state index >= 15 is 0 Å². The van der Waals surface area contributed by atoms with E-state index in [0.29, 0.717) is 28.9 Å². The van der Waals surface area contributed by atoms with Crippen molar-refractivity contribution < 1.29 is 32.2 Å². The number of carbonyl (C=O) groups is 2. The first-order valence-corrected chi connectivity index (χ1v) is 15.9. The molecule has 0 saturated heterocycles. The van der Waals surface area contributed by atoms with E-state index in [0.717, 1.165) is 11.1 Å². The van der Waals surface area contributed by atoms with Gasteiger partial charge in [-0.25, -0.2) is 12.4 Å². The highest BCUT2D eigenvalue weighted by molar-refractivity contribution is 7.90. The van der Waals surface area contributed by atoms with E-state index in [1.807, 2.05) is 41.3 Å². The highest BCUT2D eigenvalue weighted by Gasteiger charge is 2.44. The molecule has 4 aromatic rings. The second-order valence-corrected chi connectivity index (χ2v) is 12.1. The first-order chi connectivity index (χ1) is 20.8. The minimum absolute atomic E-state index is 0.0367. The quantitative estimate of drug-likeness (QED) is 0.214. The molecule has 226 valence electrons. The molecule has 0 amide bonds. The van der Waals surface area contributed by atoms with Gasteiger partial charge in [-0.3, -0.25) is 14.5 Å². The lowest BCUT2D eigenvalue weighted by Crippen LogP contribution is -2.49. The summed E-state index contributed by atoms with van der Waals surface area (Å²) in [6, 6.07) is 21.9. The van der Waals surface area contributed by atoms with Gasteiger partial charge in [-0.2, -0.15) is 0 Å². The molecule has 43 heavy (non-hydrogen) atoms. The van der Waals surface area contributed by atoms with Crippen LogP contribution in [-0.2, 0) is 42.1 Å². The average molecular weight is 605 g/mol. The minimum Gasteiger partial charge on any atom is -0.497 e. The topological polar surface area (TPSA) is 104 Å². The number of hydrogen-bond acceptors (Lipinski definition) is 8. The second-order valence-electron chi connectivity index (χ2n) is 10.3. The number of methoxy groups -OCH3 is 1. The van der Waals surface area contributed by atoms with Crippen molar-refractivity contribution in [3.8, 4) is 5.75 Å². The van der Waals surface area contributed by atoms with Gasteiger partial charge in [0.25, 0.3) is 10.0 Å². The van der Waals surface area contributed by atoms with Gasteiger partial charge in [0, 0.05) is 30.8 Å². The van der Waals surface area contributed by atoms with Crippen LogP contribution in [0.15, 0.2) is 83.8 Å². The van der Waals surface area contributed by atoms with Crippen molar-refractivity contribution in [1.82, 2.24) is 8.87 Å². The summed E-state index contributed by atoms with van der Waals surface area (Å²) >= 11 is 0. The van der Waals surface area contributed by atoms with Gasteiger partial charge in [-0.1, -0.05) is 48.5 Å². The molecule has 0 fully saturated rings. The molecule has 0 saturated carbocycles. The Morgan fingerprint density at radius 2 is 1.58 bits per heavy atom. The van der Waals surface area contributed by atoms with Crippen LogP contribution >= 0.6 is 0 Å². The smallest absolute Gasteiger partial charge is 0.323 e. The zero-order chi connectivity index (χ0) is 30.6. The lowest BCUT2D eigenvalue weighted by molar-refractivity contribution is -0.151. The summed E-state index contributed by atoms with van der Waals surface area (Å²) in [6.07, 6.45) is 0.498. The number of benzene rings is 3. The molecule has 5 rings (SSSR count). The monoisotopic (exact) mass is 604 g/mol. The standard InChI is InChI=1S/C33H36N2O7S/c1-4-41-31(36)19-18-28-32-27(21-30(33(37)42-5-2)34(28)22-23-12-8-6-9-13-23)26-17-16-24(40-3)20-29(26)35(32)43(38,39)25-14-10-7-11-15-25/h6-17,20,28,30H,4-5,18-19,21-22H2,1-3H3/t28-,30+/m0/s1. The minimum atomic E-state index is -4.11. The van der Waals surface area contributed by atoms with Gasteiger partial charge in [0.15, 0.2) is 0 Å². The summed E-state index contributed by atoms with van der Waals surface area (Å²) < 4.78 is 46.6. The molecular formula is C33H36N2O7S. The van der Waals surface area contributed by atoms with Crippen LogP contribution in [0.4, 0.5) is 0 Å². The van der Waals surface area contributed by atoms with Gasteiger partial charge in [0.2, 0.25) is 0 Å². The predicted octanol–water partition coefficient (Wildman–Crippen LogP) is 5.26. The molecule has 1 aliphatic rings. The van der Waals surface area contributed by atoms with Crippen molar-refractivity contribution in [2.45, 2.75) is 56.6 Å². The van der Waals surface area contributed by atoms with Gasteiger partial charge < -0.3 is 14.2 Å². The van der Waals surface area contributed by atoms with Gasteiger partial charge in [-0.05, 0) is 55.7 Å². The van der Waals surface area contributed by atoms with Crippen LogP contribution in [0.5, 0.6) is 5.75 Å². The molecule has 1 aromatic heterocycles. The fourth-order valence-electron chi connectivity index (χ4n) is 5.91. The van der Waals surface area contributed by atoms with E-state index in [1.54, 1.807) is 56.3 Å². The zero-order valence-corrected chi connectivity index (χ0v) is 25.4. The van der Waals surface area contributed by atoms with E-state index in [2.05, 4.69) is 0 Å². The number of carbonyl (C=O) groups excluding carboxylic acids is 2. The molecular weight excluding hydrogens is 568 g/mol. The van der Waals surface area contributed by atoms with E-state index in [4.69, 9.17) is 14.2 Å². The maximum atomic E-state index is 14.5. The predicted molar refractivity (Wildman–Crippen MR) is 162 cm³/mol. The molecule has 3 aromatic carbocycles. The Hall–Kier alpha value is -4.15. The van der Waals surface area contributed by atoms with Crippen LogP contribution in [0, 0.1) is 0 Å². The first-order valence-electron chi connectivity index (χ1n) is 14.4. The van der Waals surface area contributed by atoms with E-state index in [1.165, 1.54) is 11.1 Å². The summed E-state index contributed by atoms with van der Waals surface area (Å²) in [5, 5.41) is 0.699. The van der Waals surface area contributed by atoms with Crippen LogP contribution in [0.3, 0.4) is 0 Å². The lowest BCUT2D eigenvalue weighted by atomic mass is 9.89. The van der Waals surface area contributed by atoms with Crippen molar-refractivity contribution in [3.63, 3.8) is 0 Å². The summed E-state index contributed by atoms with van der Waals surface area (Å²) in [5.41, 5.74) is 2.64. The van der Waals surface area contributed by atoms with E-state index < -0.39 is 34.0 Å². The Kier molecular flexibility index (Phi) is 9.17. The SMILES string of the molecule is CCOC(=O)CC[C@H]1c2c(c3ccc(OC)cc3n2S(=O)(=O)c2ccccc2)C[C@H](C(=O)OCC)N1Cc1ccccc1. The average Bonchev–Trinajstić information content (AvgIpc) is 3.35. The molecule has 0 aliphatic carbocycles. The molecule has 1 aliphatic heterocycles. The van der Waals surface area contributed by atoms with Crippen LogP contribution in [0.1, 0.15) is 49.6 Å². The number of nitrogens with zero attached hydrogens (tertiary/aromatic N) is 2. The normalized spacial score (nSPS) is 16.9. The number of aromatic nitrogens is 1.